The highest BCUT2D eigenvalue weighted by molar-refractivity contribution is 5.78. The van der Waals surface area contributed by atoms with Crippen LogP contribution in [0.15, 0.2) is 30.3 Å². The number of phenols is 4. The molecule has 3 rings (SSSR count). The maximum Gasteiger partial charge on any atom is 0.159 e. The van der Waals surface area contributed by atoms with Crippen LogP contribution in [0.2, 0.25) is 0 Å². The summed E-state index contributed by atoms with van der Waals surface area (Å²) >= 11 is 0. The van der Waals surface area contributed by atoms with Crippen LogP contribution in [0.25, 0.3) is 16.7 Å². The van der Waals surface area contributed by atoms with E-state index in [-0.39, 0.29) is 28.7 Å². The zero-order valence-electron chi connectivity index (χ0n) is 9.52. The summed E-state index contributed by atoms with van der Waals surface area (Å²) in [6.07, 6.45) is 0. The molecular formula is C12H9N3O4. The topological polar surface area (TPSA) is 112 Å². The van der Waals surface area contributed by atoms with Crippen molar-refractivity contribution >= 4 is 11.0 Å². The Morgan fingerprint density at radius 3 is 1.84 bits per heavy atom. The van der Waals surface area contributed by atoms with E-state index in [4.69, 9.17) is 0 Å². The lowest BCUT2D eigenvalue weighted by Crippen LogP contribution is -1.98. The largest absolute Gasteiger partial charge is 0.508 e. The molecule has 0 saturated heterocycles. The van der Waals surface area contributed by atoms with Crippen LogP contribution in [-0.2, 0) is 0 Å². The van der Waals surface area contributed by atoms with E-state index in [1.807, 2.05) is 0 Å². The molecule has 0 radical (unpaired) electrons. The van der Waals surface area contributed by atoms with E-state index in [1.54, 1.807) is 0 Å². The van der Waals surface area contributed by atoms with E-state index >= 15 is 0 Å². The minimum Gasteiger partial charge on any atom is -0.508 e. The van der Waals surface area contributed by atoms with Crippen molar-refractivity contribution in [2.45, 2.75) is 0 Å². The van der Waals surface area contributed by atoms with Crippen LogP contribution in [0, 0.1) is 0 Å². The van der Waals surface area contributed by atoms with E-state index in [9.17, 15) is 20.4 Å². The number of hydrogen-bond donors (Lipinski definition) is 4. The first-order valence-electron chi connectivity index (χ1n) is 5.36. The van der Waals surface area contributed by atoms with Gasteiger partial charge in [0.1, 0.15) is 28.2 Å². The van der Waals surface area contributed by atoms with Crippen LogP contribution in [0.4, 0.5) is 0 Å². The van der Waals surface area contributed by atoms with Crippen molar-refractivity contribution in [2.75, 3.05) is 0 Å². The van der Waals surface area contributed by atoms with Crippen LogP contribution in [0.5, 0.6) is 23.0 Å². The fourth-order valence-electron chi connectivity index (χ4n) is 1.73. The number of nitrogens with zero attached hydrogens (tertiary/aromatic N) is 3. The summed E-state index contributed by atoms with van der Waals surface area (Å²) in [5.74, 6) is -0.856. The van der Waals surface area contributed by atoms with Gasteiger partial charge in [-0.1, -0.05) is 0 Å². The van der Waals surface area contributed by atoms with Crippen LogP contribution in [0.1, 0.15) is 0 Å². The minimum atomic E-state index is -0.297. The molecule has 0 aliphatic rings. The Labute approximate surface area is 106 Å². The zero-order chi connectivity index (χ0) is 13.6. The van der Waals surface area contributed by atoms with Gasteiger partial charge in [-0.25, -0.2) is 0 Å². The number of aromatic hydroxyl groups is 4. The van der Waals surface area contributed by atoms with Gasteiger partial charge in [-0.2, -0.15) is 0 Å². The fraction of sp³-hybridized carbons (Fsp3) is 0. The van der Waals surface area contributed by atoms with E-state index in [0.29, 0.717) is 11.0 Å². The first-order chi connectivity index (χ1) is 9.04. The Bertz CT molecular complexity index is 743. The Morgan fingerprint density at radius 2 is 1.32 bits per heavy atom. The molecule has 0 aliphatic heterocycles. The van der Waals surface area contributed by atoms with Gasteiger partial charge < -0.3 is 20.4 Å². The predicted octanol–water partition coefficient (Wildman–Crippen LogP) is 1.24. The Hall–Kier alpha value is -2.96. The molecule has 7 heteroatoms. The molecule has 0 fully saturated rings. The van der Waals surface area contributed by atoms with Gasteiger partial charge in [-0.05, 0) is 12.1 Å². The van der Waals surface area contributed by atoms with Crippen LogP contribution in [-0.4, -0.2) is 35.4 Å². The van der Waals surface area contributed by atoms with Gasteiger partial charge in [0.05, 0.1) is 0 Å². The summed E-state index contributed by atoms with van der Waals surface area (Å²) in [4.78, 5) is 1.15. The van der Waals surface area contributed by atoms with Crippen molar-refractivity contribution in [3.8, 4) is 28.7 Å². The molecule has 4 N–H and O–H groups in total. The summed E-state index contributed by atoms with van der Waals surface area (Å²) in [6.45, 7) is 0. The number of phenolic OH excluding ortho intramolecular Hbond substituents is 4. The molecule has 7 nitrogen and oxygen atoms in total. The maximum absolute atomic E-state index is 9.72. The summed E-state index contributed by atoms with van der Waals surface area (Å²) in [6, 6.07) is 6.54. The first kappa shape index (κ1) is 11.1. The molecule has 0 bridgehead atoms. The van der Waals surface area contributed by atoms with Crippen molar-refractivity contribution in [1.82, 2.24) is 15.0 Å². The van der Waals surface area contributed by atoms with Crippen molar-refractivity contribution in [2.24, 2.45) is 0 Å². The second-order valence-corrected chi connectivity index (χ2v) is 3.99. The van der Waals surface area contributed by atoms with Gasteiger partial charge in [0.15, 0.2) is 11.5 Å². The molecule has 0 spiro atoms. The van der Waals surface area contributed by atoms with Gasteiger partial charge in [0, 0.05) is 18.2 Å². The van der Waals surface area contributed by atoms with Crippen molar-refractivity contribution < 1.29 is 20.4 Å². The second-order valence-electron chi connectivity index (χ2n) is 3.99. The van der Waals surface area contributed by atoms with E-state index < -0.39 is 0 Å². The smallest absolute Gasteiger partial charge is 0.159 e. The molecular weight excluding hydrogens is 250 g/mol. The average Bonchev–Trinajstić information content (AvgIpc) is 2.72. The highest BCUT2D eigenvalue weighted by Gasteiger charge is 2.11. The molecule has 19 heavy (non-hydrogen) atoms. The van der Waals surface area contributed by atoms with Crippen LogP contribution >= 0.6 is 0 Å². The first-order valence-corrected chi connectivity index (χ1v) is 5.36. The monoisotopic (exact) mass is 259 g/mol. The lowest BCUT2D eigenvalue weighted by atomic mass is 10.3. The molecule has 0 atom stereocenters. The van der Waals surface area contributed by atoms with Gasteiger partial charge in [-0.3, -0.25) is 0 Å². The lowest BCUT2D eigenvalue weighted by Gasteiger charge is -2.02. The summed E-state index contributed by atoms with van der Waals surface area (Å²) in [7, 11) is 0. The third-order valence-electron chi connectivity index (χ3n) is 2.65. The second kappa shape index (κ2) is 3.77. The van der Waals surface area contributed by atoms with Crippen molar-refractivity contribution in [1.29, 1.82) is 0 Å². The normalized spacial score (nSPS) is 10.9. The van der Waals surface area contributed by atoms with E-state index in [1.165, 1.54) is 24.3 Å². The minimum absolute atomic E-state index is 0.0757. The number of rotatable bonds is 1. The zero-order valence-corrected chi connectivity index (χ0v) is 9.52. The molecule has 0 saturated carbocycles. The molecule has 1 aromatic heterocycles. The number of fused-ring (bicyclic) bond motifs is 1. The summed E-state index contributed by atoms with van der Waals surface area (Å²) < 4.78 is 0. The predicted molar refractivity (Wildman–Crippen MR) is 65.5 cm³/mol. The molecule has 0 aliphatic carbocycles. The highest BCUT2D eigenvalue weighted by atomic mass is 16.3. The van der Waals surface area contributed by atoms with E-state index in [0.717, 1.165) is 10.9 Å². The standard InChI is InChI=1S/C12H9N3O4/c16-6-1-2-9(10(17)3-6)15-13-7-4-11(18)12(19)5-8(7)14-15/h1-5,16-19H. The molecule has 3 aromatic rings. The molecule has 2 aromatic carbocycles. The van der Waals surface area contributed by atoms with Gasteiger partial charge in [0.25, 0.3) is 0 Å². The van der Waals surface area contributed by atoms with Gasteiger partial charge in [-0.15, -0.1) is 15.0 Å². The average molecular weight is 259 g/mol. The van der Waals surface area contributed by atoms with Crippen molar-refractivity contribution in [3.05, 3.63) is 30.3 Å². The molecule has 0 unspecified atom stereocenters. The number of aromatic nitrogens is 3. The Kier molecular flexibility index (Phi) is 2.21. The highest BCUT2D eigenvalue weighted by Crippen LogP contribution is 2.30. The SMILES string of the molecule is Oc1ccc(-n2nc3cc(O)c(O)cc3n2)c(O)c1. The van der Waals surface area contributed by atoms with Crippen LogP contribution in [0.3, 0.4) is 0 Å². The Morgan fingerprint density at radius 1 is 0.737 bits per heavy atom. The van der Waals surface area contributed by atoms with E-state index in [2.05, 4.69) is 10.2 Å². The maximum atomic E-state index is 9.72. The molecule has 96 valence electrons. The number of benzene rings is 2. The van der Waals surface area contributed by atoms with Crippen molar-refractivity contribution in [3.63, 3.8) is 0 Å². The van der Waals surface area contributed by atoms with Crippen LogP contribution < -0.4 is 0 Å². The third kappa shape index (κ3) is 1.77. The Balaban J connectivity index is 2.20. The summed E-state index contributed by atoms with van der Waals surface area (Å²) in [5, 5.41) is 45.8. The lowest BCUT2D eigenvalue weighted by molar-refractivity contribution is 0.405. The van der Waals surface area contributed by atoms with Gasteiger partial charge in [0.2, 0.25) is 0 Å². The molecule has 1 heterocycles. The third-order valence-corrected chi connectivity index (χ3v) is 2.65. The fourth-order valence-corrected chi connectivity index (χ4v) is 1.73. The quantitative estimate of drug-likeness (QED) is 0.489. The van der Waals surface area contributed by atoms with Gasteiger partial charge >= 0.3 is 0 Å². The number of hydrogen-bond acceptors (Lipinski definition) is 6. The molecule has 0 amide bonds. The summed E-state index contributed by atoms with van der Waals surface area (Å²) in [5.41, 5.74) is 0.999.